The third-order valence-electron chi connectivity index (χ3n) is 4.23. The van der Waals surface area contributed by atoms with E-state index in [0.717, 1.165) is 25.2 Å². The molecular weight excluding hydrogens is 288 g/mol. The molecule has 1 heterocycles. The van der Waals surface area contributed by atoms with Gasteiger partial charge in [-0.15, -0.1) is 10.2 Å². The van der Waals surface area contributed by atoms with Crippen LogP contribution >= 0.6 is 0 Å². The van der Waals surface area contributed by atoms with Crippen LogP contribution in [0.1, 0.15) is 41.7 Å². The third-order valence-corrected chi connectivity index (χ3v) is 4.23. The molecule has 0 spiro atoms. The van der Waals surface area contributed by atoms with Crippen molar-refractivity contribution in [2.75, 3.05) is 11.9 Å². The fourth-order valence-corrected chi connectivity index (χ4v) is 2.92. The van der Waals surface area contributed by atoms with Gasteiger partial charge < -0.3 is 10.2 Å². The van der Waals surface area contributed by atoms with E-state index in [9.17, 15) is 4.79 Å². The van der Waals surface area contributed by atoms with Gasteiger partial charge in [0, 0.05) is 19.6 Å². The van der Waals surface area contributed by atoms with Crippen LogP contribution in [0, 0.1) is 0 Å². The fraction of sp³-hybridized carbons (Fsp3) is 0.389. The smallest absolute Gasteiger partial charge is 0.272 e. The number of hydrogen-bond donors (Lipinski definition) is 1. The molecule has 5 nitrogen and oxygen atoms in total. The molecule has 1 fully saturated rings. The molecular formula is C18H22N4O. The molecule has 0 aliphatic heterocycles. The summed E-state index contributed by atoms with van der Waals surface area (Å²) >= 11 is 0. The van der Waals surface area contributed by atoms with Crippen LogP contribution in [0.25, 0.3) is 0 Å². The molecule has 0 unspecified atom stereocenters. The monoisotopic (exact) mass is 310 g/mol. The number of anilines is 1. The van der Waals surface area contributed by atoms with Crippen molar-refractivity contribution in [2.24, 2.45) is 0 Å². The Morgan fingerprint density at radius 3 is 2.52 bits per heavy atom. The SMILES string of the molecule is CN(Cc1ccccc1)c1ccc(C(=O)NC2CCCC2)nn1. The maximum absolute atomic E-state index is 12.1. The summed E-state index contributed by atoms with van der Waals surface area (Å²) in [6.07, 6.45) is 4.52. The van der Waals surface area contributed by atoms with Crippen LogP contribution in [0.3, 0.4) is 0 Å². The molecule has 0 atom stereocenters. The van der Waals surface area contributed by atoms with Gasteiger partial charge in [-0.3, -0.25) is 4.79 Å². The number of carbonyl (C=O) groups is 1. The van der Waals surface area contributed by atoms with Crippen LogP contribution in [-0.2, 0) is 6.54 Å². The molecule has 23 heavy (non-hydrogen) atoms. The standard InChI is InChI=1S/C18H22N4O/c1-22(13-14-7-3-2-4-8-14)17-12-11-16(20-21-17)18(23)19-15-9-5-6-10-15/h2-4,7-8,11-12,15H,5-6,9-10,13H2,1H3,(H,19,23). The highest BCUT2D eigenvalue weighted by Crippen LogP contribution is 2.18. The maximum atomic E-state index is 12.1. The summed E-state index contributed by atoms with van der Waals surface area (Å²) in [6.45, 7) is 0.753. The van der Waals surface area contributed by atoms with Gasteiger partial charge in [0.2, 0.25) is 0 Å². The summed E-state index contributed by atoms with van der Waals surface area (Å²) in [7, 11) is 1.97. The van der Waals surface area contributed by atoms with Gasteiger partial charge in [0.25, 0.3) is 5.91 Å². The molecule has 1 amide bonds. The Balaban J connectivity index is 1.60. The topological polar surface area (TPSA) is 58.1 Å². The normalized spacial score (nSPS) is 14.7. The molecule has 0 radical (unpaired) electrons. The lowest BCUT2D eigenvalue weighted by Crippen LogP contribution is -2.33. The highest BCUT2D eigenvalue weighted by atomic mass is 16.2. The molecule has 1 aliphatic carbocycles. The molecule has 5 heteroatoms. The summed E-state index contributed by atoms with van der Waals surface area (Å²) in [6, 6.07) is 14.1. The number of rotatable bonds is 5. The number of nitrogens with zero attached hydrogens (tertiary/aromatic N) is 3. The Morgan fingerprint density at radius 2 is 1.87 bits per heavy atom. The molecule has 0 bridgehead atoms. The Kier molecular flexibility index (Phi) is 4.86. The largest absolute Gasteiger partial charge is 0.354 e. The lowest BCUT2D eigenvalue weighted by atomic mass is 10.2. The van der Waals surface area contributed by atoms with E-state index >= 15 is 0 Å². The number of benzene rings is 1. The summed E-state index contributed by atoms with van der Waals surface area (Å²) < 4.78 is 0. The first kappa shape index (κ1) is 15.5. The van der Waals surface area contributed by atoms with Gasteiger partial charge in [0.05, 0.1) is 0 Å². The molecule has 1 saturated carbocycles. The Morgan fingerprint density at radius 1 is 1.13 bits per heavy atom. The lowest BCUT2D eigenvalue weighted by Gasteiger charge is -2.18. The van der Waals surface area contributed by atoms with Crippen molar-refractivity contribution in [3.05, 3.63) is 53.7 Å². The van der Waals surface area contributed by atoms with Crippen LogP contribution in [-0.4, -0.2) is 29.2 Å². The van der Waals surface area contributed by atoms with E-state index in [1.807, 2.05) is 36.2 Å². The van der Waals surface area contributed by atoms with Crippen molar-refractivity contribution in [1.82, 2.24) is 15.5 Å². The Labute approximate surface area is 136 Å². The summed E-state index contributed by atoms with van der Waals surface area (Å²) in [5.74, 6) is 0.632. The minimum Gasteiger partial charge on any atom is -0.354 e. The average molecular weight is 310 g/mol. The van der Waals surface area contributed by atoms with Crippen LogP contribution in [0.2, 0.25) is 0 Å². The molecule has 1 N–H and O–H groups in total. The van der Waals surface area contributed by atoms with E-state index in [1.54, 1.807) is 6.07 Å². The number of hydrogen-bond acceptors (Lipinski definition) is 4. The van der Waals surface area contributed by atoms with E-state index in [1.165, 1.54) is 18.4 Å². The minimum atomic E-state index is -0.123. The van der Waals surface area contributed by atoms with Crippen molar-refractivity contribution < 1.29 is 4.79 Å². The highest BCUT2D eigenvalue weighted by Gasteiger charge is 2.19. The van der Waals surface area contributed by atoms with Crippen LogP contribution in [0.15, 0.2) is 42.5 Å². The van der Waals surface area contributed by atoms with Crippen molar-refractivity contribution >= 4 is 11.7 Å². The maximum Gasteiger partial charge on any atom is 0.272 e. The van der Waals surface area contributed by atoms with Crippen molar-refractivity contribution in [3.63, 3.8) is 0 Å². The number of aromatic nitrogens is 2. The molecule has 3 rings (SSSR count). The Hall–Kier alpha value is -2.43. The summed E-state index contributed by atoms with van der Waals surface area (Å²) in [5.41, 5.74) is 1.59. The van der Waals surface area contributed by atoms with E-state index in [0.29, 0.717) is 11.7 Å². The average Bonchev–Trinajstić information content (AvgIpc) is 3.09. The second kappa shape index (κ2) is 7.22. The molecule has 120 valence electrons. The number of nitrogens with one attached hydrogen (secondary N) is 1. The Bertz CT molecular complexity index is 636. The van der Waals surface area contributed by atoms with Gasteiger partial charge in [-0.1, -0.05) is 43.2 Å². The van der Waals surface area contributed by atoms with Crippen molar-refractivity contribution in [2.45, 2.75) is 38.3 Å². The number of amides is 1. The summed E-state index contributed by atoms with van der Waals surface area (Å²) in [5, 5.41) is 11.3. The van der Waals surface area contributed by atoms with Crippen LogP contribution in [0.4, 0.5) is 5.82 Å². The number of carbonyl (C=O) groups excluding carboxylic acids is 1. The lowest BCUT2D eigenvalue weighted by molar-refractivity contribution is 0.0932. The fourth-order valence-electron chi connectivity index (χ4n) is 2.92. The van der Waals surface area contributed by atoms with E-state index in [-0.39, 0.29) is 5.91 Å². The quantitative estimate of drug-likeness (QED) is 0.922. The molecule has 1 aliphatic rings. The molecule has 2 aromatic rings. The zero-order chi connectivity index (χ0) is 16.1. The van der Waals surface area contributed by atoms with Crippen molar-refractivity contribution in [3.8, 4) is 0 Å². The zero-order valence-electron chi connectivity index (χ0n) is 13.4. The second-order valence-electron chi connectivity index (χ2n) is 6.07. The zero-order valence-corrected chi connectivity index (χ0v) is 13.4. The van der Waals surface area contributed by atoms with Gasteiger partial charge in [0.1, 0.15) is 0 Å². The van der Waals surface area contributed by atoms with E-state index in [4.69, 9.17) is 0 Å². The first-order chi connectivity index (χ1) is 11.2. The third kappa shape index (κ3) is 4.06. The first-order valence-electron chi connectivity index (χ1n) is 8.12. The van der Waals surface area contributed by atoms with Gasteiger partial charge in [0.15, 0.2) is 11.5 Å². The molecule has 0 saturated heterocycles. The predicted octanol–water partition coefficient (Wildman–Crippen LogP) is 2.79. The van der Waals surface area contributed by atoms with Gasteiger partial charge in [-0.05, 0) is 30.5 Å². The minimum absolute atomic E-state index is 0.123. The van der Waals surface area contributed by atoms with E-state index in [2.05, 4.69) is 27.6 Å². The highest BCUT2D eigenvalue weighted by molar-refractivity contribution is 5.92. The summed E-state index contributed by atoms with van der Waals surface area (Å²) in [4.78, 5) is 14.2. The first-order valence-corrected chi connectivity index (χ1v) is 8.12. The van der Waals surface area contributed by atoms with Crippen molar-refractivity contribution in [1.29, 1.82) is 0 Å². The van der Waals surface area contributed by atoms with Gasteiger partial charge in [-0.25, -0.2) is 0 Å². The molecule has 1 aromatic heterocycles. The van der Waals surface area contributed by atoms with Crippen LogP contribution in [0.5, 0.6) is 0 Å². The van der Waals surface area contributed by atoms with E-state index < -0.39 is 0 Å². The van der Waals surface area contributed by atoms with Crippen LogP contribution < -0.4 is 10.2 Å². The predicted molar refractivity (Wildman–Crippen MR) is 90.3 cm³/mol. The second-order valence-corrected chi connectivity index (χ2v) is 6.07. The molecule has 1 aromatic carbocycles. The van der Waals surface area contributed by atoms with Gasteiger partial charge in [-0.2, -0.15) is 0 Å². The van der Waals surface area contributed by atoms with Gasteiger partial charge >= 0.3 is 0 Å².